The number of unbranched alkanes of at least 4 members (excludes halogenated alkanes) is 3. The van der Waals surface area contributed by atoms with Crippen molar-refractivity contribution in [3.8, 4) is 28.3 Å². The molecule has 0 aliphatic heterocycles. The van der Waals surface area contributed by atoms with Crippen molar-refractivity contribution in [2.24, 2.45) is 0 Å². The molecule has 0 bridgehead atoms. The Bertz CT molecular complexity index is 821. The number of aliphatic carboxylic acids is 1. The number of benzene rings is 2. The average Bonchev–Trinajstić information content (AvgIpc) is 2.74. The number of hydrogen-bond acceptors (Lipinski definition) is 3. The number of hydrogen-bond donors (Lipinski definition) is 1. The molecule has 0 fully saturated rings. The Kier molecular flexibility index (Phi) is 7.19. The minimum absolute atomic E-state index is 0.238. The maximum Gasteiger partial charge on any atom is 0.303 e. The van der Waals surface area contributed by atoms with Gasteiger partial charge in [0.1, 0.15) is 0 Å². The maximum absolute atomic E-state index is 10.5. The van der Waals surface area contributed by atoms with Gasteiger partial charge in [-0.05, 0) is 30.0 Å². The van der Waals surface area contributed by atoms with Crippen LogP contribution in [0.2, 0.25) is 0 Å². The van der Waals surface area contributed by atoms with E-state index in [0.717, 1.165) is 48.1 Å². The molecule has 0 amide bonds. The van der Waals surface area contributed by atoms with Crippen LogP contribution in [0.5, 0.6) is 5.88 Å². The zero-order chi connectivity index (χ0) is 19.6. The van der Waals surface area contributed by atoms with Crippen LogP contribution in [-0.2, 0) is 4.79 Å². The van der Waals surface area contributed by atoms with E-state index in [0.29, 0.717) is 12.5 Å². The lowest BCUT2D eigenvalue weighted by Crippen LogP contribution is -2.01. The monoisotopic (exact) mass is 375 g/mol. The summed E-state index contributed by atoms with van der Waals surface area (Å²) in [6.07, 6.45) is 3.70. The van der Waals surface area contributed by atoms with E-state index >= 15 is 0 Å². The van der Waals surface area contributed by atoms with Gasteiger partial charge in [0.05, 0.1) is 12.3 Å². The first-order valence-corrected chi connectivity index (χ1v) is 9.70. The van der Waals surface area contributed by atoms with E-state index < -0.39 is 5.97 Å². The summed E-state index contributed by atoms with van der Waals surface area (Å²) >= 11 is 0. The number of carbonyl (C=O) groups is 1. The molecule has 0 saturated carbocycles. The molecule has 0 aliphatic carbocycles. The van der Waals surface area contributed by atoms with Gasteiger partial charge in [0, 0.05) is 18.1 Å². The van der Waals surface area contributed by atoms with Gasteiger partial charge in [0.25, 0.3) is 0 Å². The summed E-state index contributed by atoms with van der Waals surface area (Å²) in [7, 11) is 0. The van der Waals surface area contributed by atoms with Crippen LogP contribution in [0, 0.1) is 0 Å². The number of pyridine rings is 1. The Labute approximate surface area is 165 Å². The van der Waals surface area contributed by atoms with Crippen LogP contribution in [-0.4, -0.2) is 22.7 Å². The molecule has 0 saturated heterocycles. The van der Waals surface area contributed by atoms with E-state index in [1.165, 1.54) is 0 Å². The van der Waals surface area contributed by atoms with Crippen molar-refractivity contribution in [2.45, 2.75) is 32.1 Å². The molecular formula is C24H25NO3. The summed E-state index contributed by atoms with van der Waals surface area (Å²) in [5.74, 6) is -0.114. The Hall–Kier alpha value is -3.14. The molecule has 0 unspecified atom stereocenters. The largest absolute Gasteiger partial charge is 0.481 e. The zero-order valence-corrected chi connectivity index (χ0v) is 15.9. The Morgan fingerprint density at radius 1 is 0.786 bits per heavy atom. The van der Waals surface area contributed by atoms with E-state index in [1.54, 1.807) is 0 Å². The molecule has 1 aromatic heterocycles. The summed E-state index contributed by atoms with van der Waals surface area (Å²) in [4.78, 5) is 15.2. The molecule has 0 radical (unpaired) electrons. The number of aromatic nitrogens is 1. The molecule has 0 aliphatic rings. The number of rotatable bonds is 10. The van der Waals surface area contributed by atoms with Crippen LogP contribution in [0.25, 0.3) is 22.4 Å². The lowest BCUT2D eigenvalue weighted by molar-refractivity contribution is -0.137. The normalized spacial score (nSPS) is 10.6. The fourth-order valence-electron chi connectivity index (χ4n) is 3.04. The molecule has 4 heteroatoms. The van der Waals surface area contributed by atoms with Gasteiger partial charge in [0.15, 0.2) is 0 Å². The first-order chi connectivity index (χ1) is 13.7. The number of ether oxygens (including phenoxy) is 1. The number of carboxylic acid groups (broad SMARTS) is 1. The first kappa shape index (κ1) is 19.6. The third kappa shape index (κ3) is 5.95. The summed E-state index contributed by atoms with van der Waals surface area (Å²) in [5, 5.41) is 8.67. The van der Waals surface area contributed by atoms with Crippen molar-refractivity contribution >= 4 is 5.97 Å². The van der Waals surface area contributed by atoms with E-state index in [-0.39, 0.29) is 6.42 Å². The van der Waals surface area contributed by atoms with E-state index in [2.05, 4.69) is 23.2 Å². The van der Waals surface area contributed by atoms with Gasteiger partial charge in [-0.15, -0.1) is 0 Å². The number of carboxylic acids is 1. The fraction of sp³-hybridized carbons (Fsp3) is 0.250. The van der Waals surface area contributed by atoms with Gasteiger partial charge in [-0.25, -0.2) is 4.98 Å². The second kappa shape index (κ2) is 10.3. The predicted molar refractivity (Wildman–Crippen MR) is 111 cm³/mol. The van der Waals surface area contributed by atoms with Crippen molar-refractivity contribution in [3.63, 3.8) is 0 Å². The van der Waals surface area contributed by atoms with Crippen molar-refractivity contribution in [1.82, 2.24) is 4.98 Å². The van der Waals surface area contributed by atoms with Gasteiger partial charge in [-0.2, -0.15) is 0 Å². The molecule has 144 valence electrons. The summed E-state index contributed by atoms with van der Waals surface area (Å²) in [6.45, 7) is 0.576. The summed E-state index contributed by atoms with van der Waals surface area (Å²) < 4.78 is 5.93. The Balaban J connectivity index is 1.69. The average molecular weight is 375 g/mol. The highest BCUT2D eigenvalue weighted by Gasteiger charge is 2.08. The summed E-state index contributed by atoms with van der Waals surface area (Å²) in [5.41, 5.74) is 4.14. The van der Waals surface area contributed by atoms with Crippen molar-refractivity contribution in [1.29, 1.82) is 0 Å². The van der Waals surface area contributed by atoms with E-state index in [9.17, 15) is 4.79 Å². The van der Waals surface area contributed by atoms with Crippen molar-refractivity contribution in [3.05, 3.63) is 72.8 Å². The smallest absolute Gasteiger partial charge is 0.303 e. The van der Waals surface area contributed by atoms with Crippen LogP contribution in [0.4, 0.5) is 0 Å². The van der Waals surface area contributed by atoms with E-state index in [1.807, 2.05) is 54.6 Å². The van der Waals surface area contributed by atoms with Gasteiger partial charge in [-0.3, -0.25) is 4.79 Å². The molecular weight excluding hydrogens is 350 g/mol. The molecule has 3 rings (SSSR count). The quantitative estimate of drug-likeness (QED) is 0.453. The predicted octanol–water partition coefficient (Wildman–Crippen LogP) is 5.83. The fourth-order valence-corrected chi connectivity index (χ4v) is 3.04. The second-order valence-corrected chi connectivity index (χ2v) is 6.72. The maximum atomic E-state index is 10.5. The third-order valence-electron chi connectivity index (χ3n) is 4.51. The molecule has 1 heterocycles. The van der Waals surface area contributed by atoms with Crippen LogP contribution in [0.15, 0.2) is 72.8 Å². The minimum Gasteiger partial charge on any atom is -0.481 e. The SMILES string of the molecule is O=C(O)CCCCCCOc1cc(-c2ccccc2)cc(-c2ccccc2)n1. The van der Waals surface area contributed by atoms with Crippen molar-refractivity contribution in [2.75, 3.05) is 6.61 Å². The topological polar surface area (TPSA) is 59.4 Å². The molecule has 3 aromatic rings. The standard InChI is InChI=1S/C24H25NO3/c26-24(27)15-9-1-2-10-16-28-23-18-21(19-11-5-3-6-12-19)17-22(25-23)20-13-7-4-8-14-20/h3-8,11-14,17-18H,1-2,9-10,15-16H2,(H,26,27). The van der Waals surface area contributed by atoms with Crippen molar-refractivity contribution < 1.29 is 14.6 Å². The second-order valence-electron chi connectivity index (χ2n) is 6.72. The van der Waals surface area contributed by atoms with Crippen LogP contribution >= 0.6 is 0 Å². The lowest BCUT2D eigenvalue weighted by atomic mass is 10.0. The summed E-state index contributed by atoms with van der Waals surface area (Å²) in [6, 6.07) is 24.4. The van der Waals surface area contributed by atoms with Crippen LogP contribution in [0.1, 0.15) is 32.1 Å². The molecule has 4 nitrogen and oxygen atoms in total. The molecule has 2 aromatic carbocycles. The Morgan fingerprint density at radius 2 is 1.43 bits per heavy atom. The lowest BCUT2D eigenvalue weighted by Gasteiger charge is -2.11. The number of nitrogens with zero attached hydrogens (tertiary/aromatic N) is 1. The molecule has 28 heavy (non-hydrogen) atoms. The van der Waals surface area contributed by atoms with Gasteiger partial charge >= 0.3 is 5.97 Å². The Morgan fingerprint density at radius 3 is 2.11 bits per heavy atom. The van der Waals surface area contributed by atoms with Crippen LogP contribution < -0.4 is 4.74 Å². The molecule has 0 spiro atoms. The molecule has 1 N–H and O–H groups in total. The van der Waals surface area contributed by atoms with Gasteiger partial charge < -0.3 is 9.84 Å². The first-order valence-electron chi connectivity index (χ1n) is 9.70. The minimum atomic E-state index is -0.730. The van der Waals surface area contributed by atoms with E-state index in [4.69, 9.17) is 9.84 Å². The van der Waals surface area contributed by atoms with Gasteiger partial charge in [-0.1, -0.05) is 73.5 Å². The highest BCUT2D eigenvalue weighted by Crippen LogP contribution is 2.28. The highest BCUT2D eigenvalue weighted by atomic mass is 16.5. The van der Waals surface area contributed by atoms with Gasteiger partial charge in [0.2, 0.25) is 5.88 Å². The highest BCUT2D eigenvalue weighted by molar-refractivity contribution is 5.71. The zero-order valence-electron chi connectivity index (χ0n) is 15.9. The molecule has 0 atom stereocenters. The third-order valence-corrected chi connectivity index (χ3v) is 4.51. The van der Waals surface area contributed by atoms with Crippen LogP contribution in [0.3, 0.4) is 0 Å².